The van der Waals surface area contributed by atoms with Gasteiger partial charge in [0, 0.05) is 10.8 Å². The lowest BCUT2D eigenvalue weighted by Crippen LogP contribution is -2.35. The Morgan fingerprint density at radius 3 is 2.75 bits per heavy atom. The van der Waals surface area contributed by atoms with Crippen LogP contribution in [0, 0.1) is 0 Å². The van der Waals surface area contributed by atoms with Crippen molar-refractivity contribution in [3.05, 3.63) is 0 Å². The smallest absolute Gasteiger partial charge is 0.431 e. The predicted octanol–water partition coefficient (Wildman–Crippen LogP) is 2.52. The fourth-order valence-electron chi connectivity index (χ4n) is 1.28. The lowest BCUT2D eigenvalue weighted by molar-refractivity contribution is -0.0536. The number of alkyl halides is 1. The minimum atomic E-state index is -0.499. The Morgan fingerprint density at radius 1 is 1.50 bits per heavy atom. The molecule has 0 bridgehead atoms. The van der Waals surface area contributed by atoms with Gasteiger partial charge in [0.25, 0.3) is 0 Å². The van der Waals surface area contributed by atoms with Crippen LogP contribution in [0.2, 0.25) is 0 Å². The number of ether oxygens (including phenoxy) is 2. The molecule has 4 heteroatoms. The van der Waals surface area contributed by atoms with Gasteiger partial charge in [-0.05, 0) is 6.42 Å². The lowest BCUT2D eigenvalue weighted by Gasteiger charge is -2.27. The summed E-state index contributed by atoms with van der Waals surface area (Å²) in [5.41, 5.74) is 0. The molecule has 0 amide bonds. The molecule has 0 saturated carbocycles. The van der Waals surface area contributed by atoms with E-state index in [2.05, 4.69) is 29.5 Å². The molecule has 3 nitrogen and oxygen atoms in total. The van der Waals surface area contributed by atoms with Gasteiger partial charge in [0.1, 0.15) is 12.2 Å². The summed E-state index contributed by atoms with van der Waals surface area (Å²) >= 11 is 2.22. The van der Waals surface area contributed by atoms with Crippen molar-refractivity contribution >= 4 is 28.7 Å². The second-order valence-corrected chi connectivity index (χ2v) is 3.79. The maximum atomic E-state index is 10.9. The maximum absolute atomic E-state index is 10.9. The molecular formula is C8H13IO3. The van der Waals surface area contributed by atoms with E-state index in [1.165, 1.54) is 0 Å². The molecule has 0 unspecified atom stereocenters. The SMILES string of the molecule is CCC[C@@H]1C[C@H](CI)OC(=O)O1. The fourth-order valence-corrected chi connectivity index (χ4v) is 1.82. The van der Waals surface area contributed by atoms with Crippen molar-refractivity contribution in [1.29, 1.82) is 0 Å². The molecule has 1 rings (SSSR count). The summed E-state index contributed by atoms with van der Waals surface area (Å²) in [6.45, 7) is 2.09. The summed E-state index contributed by atoms with van der Waals surface area (Å²) < 4.78 is 10.8. The van der Waals surface area contributed by atoms with Crippen molar-refractivity contribution in [2.75, 3.05) is 4.43 Å². The Labute approximate surface area is 85.9 Å². The Kier molecular flexibility index (Phi) is 4.11. The van der Waals surface area contributed by atoms with E-state index in [1.807, 2.05) is 0 Å². The molecule has 2 atom stereocenters. The molecule has 0 radical (unpaired) electrons. The van der Waals surface area contributed by atoms with Gasteiger partial charge in [-0.15, -0.1) is 0 Å². The first-order valence-corrected chi connectivity index (χ1v) is 5.72. The number of halogens is 1. The summed E-state index contributed by atoms with van der Waals surface area (Å²) in [6.07, 6.45) is 2.48. The molecule has 1 aliphatic heterocycles. The molecule has 0 aromatic carbocycles. The van der Waals surface area contributed by atoms with Gasteiger partial charge in [-0.2, -0.15) is 0 Å². The summed E-state index contributed by atoms with van der Waals surface area (Å²) in [7, 11) is 0. The number of rotatable bonds is 3. The highest BCUT2D eigenvalue weighted by Gasteiger charge is 2.28. The van der Waals surface area contributed by atoms with E-state index < -0.39 is 6.16 Å². The van der Waals surface area contributed by atoms with Gasteiger partial charge < -0.3 is 9.47 Å². The van der Waals surface area contributed by atoms with Gasteiger partial charge in [-0.3, -0.25) is 0 Å². The van der Waals surface area contributed by atoms with Crippen LogP contribution < -0.4 is 0 Å². The first-order chi connectivity index (χ1) is 5.76. The molecule has 1 aliphatic rings. The predicted molar refractivity (Wildman–Crippen MR) is 53.6 cm³/mol. The summed E-state index contributed by atoms with van der Waals surface area (Å²) in [5, 5.41) is 0. The molecule has 0 aliphatic carbocycles. The van der Waals surface area contributed by atoms with E-state index in [1.54, 1.807) is 0 Å². The largest absolute Gasteiger partial charge is 0.508 e. The van der Waals surface area contributed by atoms with Crippen LogP contribution in [0.4, 0.5) is 4.79 Å². The van der Waals surface area contributed by atoms with Crippen molar-refractivity contribution in [2.24, 2.45) is 0 Å². The van der Waals surface area contributed by atoms with Gasteiger partial charge in [0.15, 0.2) is 0 Å². The van der Waals surface area contributed by atoms with Gasteiger partial charge >= 0.3 is 6.16 Å². The summed E-state index contributed by atoms with van der Waals surface area (Å²) in [4.78, 5) is 10.9. The average Bonchev–Trinajstić information content (AvgIpc) is 2.04. The molecule has 70 valence electrons. The van der Waals surface area contributed by atoms with Gasteiger partial charge in [0.05, 0.1) is 0 Å². The summed E-state index contributed by atoms with van der Waals surface area (Å²) in [6, 6.07) is 0. The minimum absolute atomic E-state index is 0.0587. The van der Waals surface area contributed by atoms with Gasteiger partial charge in [-0.1, -0.05) is 35.9 Å². The Bertz CT molecular complexity index is 160. The first kappa shape index (κ1) is 10.1. The van der Waals surface area contributed by atoms with Crippen LogP contribution >= 0.6 is 22.6 Å². The zero-order chi connectivity index (χ0) is 8.97. The quantitative estimate of drug-likeness (QED) is 0.454. The molecule has 1 saturated heterocycles. The number of cyclic esters (lactones) is 2. The highest BCUT2D eigenvalue weighted by atomic mass is 127. The fraction of sp³-hybridized carbons (Fsp3) is 0.875. The normalized spacial score (nSPS) is 29.3. The molecule has 12 heavy (non-hydrogen) atoms. The second-order valence-electron chi connectivity index (χ2n) is 2.91. The highest BCUT2D eigenvalue weighted by molar-refractivity contribution is 14.1. The molecule has 1 heterocycles. The average molecular weight is 284 g/mol. The second kappa shape index (κ2) is 4.89. The molecule has 0 spiro atoms. The molecule has 0 N–H and O–H groups in total. The van der Waals surface area contributed by atoms with Crippen molar-refractivity contribution < 1.29 is 14.3 Å². The number of hydrogen-bond acceptors (Lipinski definition) is 3. The topological polar surface area (TPSA) is 35.5 Å². The number of carbonyl (C=O) groups excluding carboxylic acids is 1. The molecular weight excluding hydrogens is 271 g/mol. The highest BCUT2D eigenvalue weighted by Crippen LogP contribution is 2.20. The van der Waals surface area contributed by atoms with E-state index in [-0.39, 0.29) is 12.2 Å². The van der Waals surface area contributed by atoms with Crippen LogP contribution in [0.1, 0.15) is 26.2 Å². The Hall–Kier alpha value is 0. The van der Waals surface area contributed by atoms with Crippen LogP contribution in [0.15, 0.2) is 0 Å². The third-order valence-electron chi connectivity index (χ3n) is 1.83. The zero-order valence-corrected chi connectivity index (χ0v) is 9.24. The standard InChI is InChI=1S/C8H13IO3/c1-2-3-6-4-7(5-9)12-8(10)11-6/h6-7H,2-5H2,1H3/t6-,7-/m1/s1. The lowest BCUT2D eigenvalue weighted by atomic mass is 10.1. The third-order valence-corrected chi connectivity index (χ3v) is 2.82. The summed E-state index contributed by atoms with van der Waals surface area (Å²) in [5.74, 6) is 0. The molecule has 0 aromatic rings. The maximum Gasteiger partial charge on any atom is 0.508 e. The van der Waals surface area contributed by atoms with Crippen LogP contribution in [0.25, 0.3) is 0 Å². The zero-order valence-electron chi connectivity index (χ0n) is 7.09. The van der Waals surface area contributed by atoms with Crippen molar-refractivity contribution in [1.82, 2.24) is 0 Å². The van der Waals surface area contributed by atoms with Crippen molar-refractivity contribution in [3.8, 4) is 0 Å². The molecule has 0 aromatic heterocycles. The van der Waals surface area contributed by atoms with Crippen molar-refractivity contribution in [2.45, 2.75) is 38.4 Å². The van der Waals surface area contributed by atoms with E-state index in [0.717, 1.165) is 23.7 Å². The van der Waals surface area contributed by atoms with E-state index in [9.17, 15) is 4.79 Å². The van der Waals surface area contributed by atoms with Gasteiger partial charge in [-0.25, -0.2) is 4.79 Å². The van der Waals surface area contributed by atoms with Crippen LogP contribution in [0.5, 0.6) is 0 Å². The third kappa shape index (κ3) is 2.80. The minimum Gasteiger partial charge on any atom is -0.431 e. The monoisotopic (exact) mass is 284 g/mol. The van der Waals surface area contributed by atoms with Crippen LogP contribution in [0.3, 0.4) is 0 Å². The van der Waals surface area contributed by atoms with Crippen LogP contribution in [-0.4, -0.2) is 22.8 Å². The van der Waals surface area contributed by atoms with Crippen molar-refractivity contribution in [3.63, 3.8) is 0 Å². The van der Waals surface area contributed by atoms with E-state index >= 15 is 0 Å². The van der Waals surface area contributed by atoms with Gasteiger partial charge in [0.2, 0.25) is 0 Å². The van der Waals surface area contributed by atoms with E-state index in [0.29, 0.717) is 0 Å². The van der Waals surface area contributed by atoms with Crippen LogP contribution in [-0.2, 0) is 9.47 Å². The Morgan fingerprint density at radius 2 is 2.17 bits per heavy atom. The molecule has 1 fully saturated rings. The Balaban J connectivity index is 2.39. The number of hydrogen-bond donors (Lipinski definition) is 0. The first-order valence-electron chi connectivity index (χ1n) is 4.19. The van der Waals surface area contributed by atoms with E-state index in [4.69, 9.17) is 9.47 Å². The number of carbonyl (C=O) groups is 1.